The van der Waals surface area contributed by atoms with Gasteiger partial charge in [-0.1, -0.05) is 11.3 Å². The van der Waals surface area contributed by atoms with Gasteiger partial charge in [0.1, 0.15) is 6.54 Å². The molecule has 3 amide bonds. The molecule has 10 heteroatoms. The summed E-state index contributed by atoms with van der Waals surface area (Å²) in [7, 11) is 2.96. The molecule has 2 aliphatic heterocycles. The molecule has 2 aromatic rings. The number of hydrogen-bond donors (Lipinski definition) is 1. The van der Waals surface area contributed by atoms with E-state index in [1.54, 1.807) is 24.3 Å². The van der Waals surface area contributed by atoms with Crippen molar-refractivity contribution < 1.29 is 23.9 Å². The van der Waals surface area contributed by atoms with Gasteiger partial charge in [-0.2, -0.15) is 5.11 Å². The number of aryl methyl sites for hydroxylation is 2. The van der Waals surface area contributed by atoms with Crippen molar-refractivity contribution in [2.75, 3.05) is 31.0 Å². The lowest BCUT2D eigenvalue weighted by Gasteiger charge is -2.21. The van der Waals surface area contributed by atoms with E-state index in [4.69, 9.17) is 9.47 Å². The van der Waals surface area contributed by atoms with E-state index in [9.17, 15) is 14.4 Å². The molecule has 0 bridgehead atoms. The zero-order valence-corrected chi connectivity index (χ0v) is 18.2. The fraction of sp³-hybridized carbons (Fsp3) is 0.318. The lowest BCUT2D eigenvalue weighted by atomic mass is 10.1. The number of nitrogens with one attached hydrogen (secondary N) is 1. The lowest BCUT2D eigenvalue weighted by molar-refractivity contribution is -0.123. The SMILES string of the molecule is COc1ccc(N2C(=O)[C@H]3N=NN(CC(=O)Nc4ccc(C)c(C)c4)[C@H]3C2=O)cc1OC. The molecule has 0 saturated carbocycles. The quantitative estimate of drug-likeness (QED) is 0.694. The number of nitrogens with zero attached hydrogens (tertiary/aromatic N) is 4. The largest absolute Gasteiger partial charge is 0.493 e. The van der Waals surface area contributed by atoms with Crippen LogP contribution in [0.5, 0.6) is 11.5 Å². The molecule has 2 aliphatic rings. The second-order valence-corrected chi connectivity index (χ2v) is 7.59. The predicted octanol–water partition coefficient (Wildman–Crippen LogP) is 2.25. The third kappa shape index (κ3) is 3.64. The van der Waals surface area contributed by atoms with E-state index < -0.39 is 23.9 Å². The first-order valence-corrected chi connectivity index (χ1v) is 9.98. The average Bonchev–Trinajstić information content (AvgIpc) is 3.29. The topological polar surface area (TPSA) is 113 Å². The first-order valence-electron chi connectivity index (χ1n) is 9.98. The van der Waals surface area contributed by atoms with Crippen molar-refractivity contribution >= 4 is 29.1 Å². The Kier molecular flexibility index (Phi) is 5.52. The smallest absolute Gasteiger partial charge is 0.263 e. The molecule has 4 rings (SSSR count). The summed E-state index contributed by atoms with van der Waals surface area (Å²) in [6, 6.07) is 8.36. The number of fused-ring (bicyclic) bond motifs is 1. The molecule has 0 aliphatic carbocycles. The monoisotopic (exact) mass is 437 g/mol. The number of carbonyl (C=O) groups excluding carboxylic acids is 3. The number of anilines is 2. The second-order valence-electron chi connectivity index (χ2n) is 7.59. The number of methoxy groups -OCH3 is 2. The minimum Gasteiger partial charge on any atom is -0.493 e. The normalized spacial score (nSPS) is 19.4. The Morgan fingerprint density at radius 1 is 1.00 bits per heavy atom. The van der Waals surface area contributed by atoms with Crippen LogP contribution in [0, 0.1) is 13.8 Å². The maximum atomic E-state index is 13.1. The first-order chi connectivity index (χ1) is 15.3. The van der Waals surface area contributed by atoms with Gasteiger partial charge in [0.15, 0.2) is 23.6 Å². The molecule has 1 fully saturated rings. The second kappa shape index (κ2) is 8.29. The standard InChI is InChI=1S/C22H23N5O5/c1-12-5-6-14(9-13(12)2)23-18(28)11-26-20-19(24-25-26)21(29)27(22(20)30)15-7-8-16(31-3)17(10-15)32-4/h5-10,19-20H,11H2,1-4H3,(H,23,28)/t19-,20+/m0/s1. The van der Waals surface area contributed by atoms with Crippen molar-refractivity contribution in [2.45, 2.75) is 25.9 Å². The van der Waals surface area contributed by atoms with Crippen LogP contribution >= 0.6 is 0 Å². The molecule has 32 heavy (non-hydrogen) atoms. The van der Waals surface area contributed by atoms with Crippen LogP contribution in [-0.2, 0) is 14.4 Å². The Labute approximate surface area is 184 Å². The summed E-state index contributed by atoms with van der Waals surface area (Å²) >= 11 is 0. The molecule has 0 radical (unpaired) electrons. The van der Waals surface area contributed by atoms with E-state index in [2.05, 4.69) is 15.7 Å². The lowest BCUT2D eigenvalue weighted by Crippen LogP contribution is -2.43. The zero-order valence-electron chi connectivity index (χ0n) is 18.2. The van der Waals surface area contributed by atoms with Crippen molar-refractivity contribution in [1.29, 1.82) is 0 Å². The molecule has 1 saturated heterocycles. The van der Waals surface area contributed by atoms with Crippen molar-refractivity contribution in [3.05, 3.63) is 47.5 Å². The fourth-order valence-corrected chi connectivity index (χ4v) is 3.74. The van der Waals surface area contributed by atoms with Crippen LogP contribution < -0.4 is 19.7 Å². The molecule has 10 nitrogen and oxygen atoms in total. The minimum absolute atomic E-state index is 0.212. The maximum Gasteiger partial charge on any atom is 0.263 e. The van der Waals surface area contributed by atoms with Crippen LogP contribution in [0.25, 0.3) is 0 Å². The van der Waals surface area contributed by atoms with Gasteiger partial charge in [0.05, 0.1) is 19.9 Å². The van der Waals surface area contributed by atoms with Gasteiger partial charge in [0.25, 0.3) is 11.8 Å². The predicted molar refractivity (Wildman–Crippen MR) is 116 cm³/mol. The van der Waals surface area contributed by atoms with E-state index in [0.717, 1.165) is 16.0 Å². The number of imide groups is 1. The highest BCUT2D eigenvalue weighted by molar-refractivity contribution is 6.25. The Morgan fingerprint density at radius 2 is 1.75 bits per heavy atom. The Hall–Kier alpha value is -3.95. The number of benzene rings is 2. The molecule has 2 heterocycles. The summed E-state index contributed by atoms with van der Waals surface area (Å²) < 4.78 is 10.5. The van der Waals surface area contributed by atoms with Gasteiger partial charge in [-0.05, 0) is 49.2 Å². The first kappa shape index (κ1) is 21.3. The third-order valence-electron chi connectivity index (χ3n) is 5.58. The van der Waals surface area contributed by atoms with Crippen molar-refractivity contribution in [2.24, 2.45) is 10.3 Å². The number of hydrogen-bond acceptors (Lipinski definition) is 8. The Bertz CT molecular complexity index is 1130. The molecule has 1 N–H and O–H groups in total. The van der Waals surface area contributed by atoms with E-state index in [1.165, 1.54) is 19.2 Å². The Balaban J connectivity index is 1.50. The number of ether oxygens (including phenoxy) is 2. The number of amides is 3. The van der Waals surface area contributed by atoms with Gasteiger partial charge < -0.3 is 14.8 Å². The van der Waals surface area contributed by atoms with E-state index in [0.29, 0.717) is 22.9 Å². The van der Waals surface area contributed by atoms with Gasteiger partial charge in [0.2, 0.25) is 5.91 Å². The van der Waals surface area contributed by atoms with Crippen LogP contribution in [0.2, 0.25) is 0 Å². The number of carbonyl (C=O) groups is 3. The van der Waals surface area contributed by atoms with Crippen LogP contribution in [-0.4, -0.2) is 55.6 Å². The summed E-state index contributed by atoms with van der Waals surface area (Å²) in [4.78, 5) is 39.6. The van der Waals surface area contributed by atoms with Crippen molar-refractivity contribution in [3.63, 3.8) is 0 Å². The van der Waals surface area contributed by atoms with Crippen LogP contribution in [0.15, 0.2) is 46.7 Å². The van der Waals surface area contributed by atoms with Crippen LogP contribution in [0.1, 0.15) is 11.1 Å². The highest BCUT2D eigenvalue weighted by Crippen LogP contribution is 2.36. The number of rotatable bonds is 6. The average molecular weight is 437 g/mol. The minimum atomic E-state index is -0.995. The van der Waals surface area contributed by atoms with Gasteiger partial charge in [-0.3, -0.25) is 19.4 Å². The van der Waals surface area contributed by atoms with E-state index in [-0.39, 0.29) is 12.5 Å². The molecular formula is C22H23N5O5. The summed E-state index contributed by atoms with van der Waals surface area (Å²) in [5.41, 5.74) is 3.14. The summed E-state index contributed by atoms with van der Waals surface area (Å²) in [6.45, 7) is 3.73. The highest BCUT2D eigenvalue weighted by Gasteiger charge is 2.55. The summed E-state index contributed by atoms with van der Waals surface area (Å²) in [6.07, 6.45) is 0. The molecular weight excluding hydrogens is 414 g/mol. The van der Waals surface area contributed by atoms with Gasteiger partial charge >= 0.3 is 0 Å². The van der Waals surface area contributed by atoms with Crippen molar-refractivity contribution in [1.82, 2.24) is 5.01 Å². The Morgan fingerprint density at radius 3 is 2.44 bits per heavy atom. The van der Waals surface area contributed by atoms with E-state index in [1.807, 2.05) is 26.0 Å². The molecule has 0 spiro atoms. The molecule has 2 aromatic carbocycles. The molecule has 166 valence electrons. The van der Waals surface area contributed by atoms with Gasteiger partial charge in [0, 0.05) is 11.8 Å². The van der Waals surface area contributed by atoms with Crippen molar-refractivity contribution in [3.8, 4) is 11.5 Å². The molecule has 0 unspecified atom stereocenters. The fourth-order valence-electron chi connectivity index (χ4n) is 3.74. The molecule has 0 aromatic heterocycles. The van der Waals surface area contributed by atoms with E-state index >= 15 is 0 Å². The van der Waals surface area contributed by atoms with Crippen LogP contribution in [0.3, 0.4) is 0 Å². The zero-order chi connectivity index (χ0) is 23.0. The molecule has 2 atom stereocenters. The summed E-state index contributed by atoms with van der Waals surface area (Å²) in [5, 5.41) is 11.9. The highest BCUT2D eigenvalue weighted by atomic mass is 16.5. The van der Waals surface area contributed by atoms with Crippen LogP contribution in [0.4, 0.5) is 11.4 Å². The summed E-state index contributed by atoms with van der Waals surface area (Å²) in [5.74, 6) is -0.518. The maximum absolute atomic E-state index is 13.1. The van der Waals surface area contributed by atoms with Gasteiger partial charge in [-0.25, -0.2) is 4.90 Å². The van der Waals surface area contributed by atoms with Gasteiger partial charge in [-0.15, -0.1) is 0 Å². The third-order valence-corrected chi connectivity index (χ3v) is 5.58.